The van der Waals surface area contributed by atoms with Gasteiger partial charge in [-0.2, -0.15) is 4.39 Å². The number of alkyl carbamates (subject to hydrolysis) is 1. The number of nitrogen functional groups attached to an aromatic ring is 1. The summed E-state index contributed by atoms with van der Waals surface area (Å²) < 4.78 is 17.8. The molecule has 1 heterocycles. The summed E-state index contributed by atoms with van der Waals surface area (Å²) in [5, 5.41) is 2.47. The van der Waals surface area contributed by atoms with E-state index in [9.17, 15) is 9.18 Å². The molecular formula is C13H16FN3O2. The molecule has 102 valence electrons. The zero-order chi connectivity index (χ0) is 14.5. The highest BCUT2D eigenvalue weighted by molar-refractivity contribution is 5.68. The number of nitrogens with zero attached hydrogens (tertiary/aromatic N) is 1. The number of halogens is 1. The predicted octanol–water partition coefficient (Wildman–Crippen LogP) is 1.68. The second-order valence-electron chi connectivity index (χ2n) is 4.76. The summed E-state index contributed by atoms with van der Waals surface area (Å²) in [5.74, 6) is 4.66. The summed E-state index contributed by atoms with van der Waals surface area (Å²) in [6.45, 7) is 5.42. The van der Waals surface area contributed by atoms with E-state index in [4.69, 9.17) is 10.5 Å². The summed E-state index contributed by atoms with van der Waals surface area (Å²) in [7, 11) is 0. The van der Waals surface area contributed by atoms with Crippen molar-refractivity contribution in [3.63, 3.8) is 0 Å². The van der Waals surface area contributed by atoms with E-state index in [2.05, 4.69) is 22.1 Å². The molecule has 1 rings (SSSR count). The van der Waals surface area contributed by atoms with E-state index in [-0.39, 0.29) is 12.2 Å². The Bertz CT molecular complexity index is 527. The van der Waals surface area contributed by atoms with E-state index in [0.29, 0.717) is 5.56 Å². The third-order valence-electron chi connectivity index (χ3n) is 1.82. The molecule has 0 atom stereocenters. The van der Waals surface area contributed by atoms with E-state index >= 15 is 0 Å². The predicted molar refractivity (Wildman–Crippen MR) is 69.7 cm³/mol. The molecule has 1 aromatic rings. The fraction of sp³-hybridized carbons (Fsp3) is 0.385. The van der Waals surface area contributed by atoms with Crippen molar-refractivity contribution in [1.82, 2.24) is 10.3 Å². The topological polar surface area (TPSA) is 77.2 Å². The molecular weight excluding hydrogens is 249 g/mol. The van der Waals surface area contributed by atoms with Crippen LogP contribution in [0.15, 0.2) is 12.3 Å². The molecule has 19 heavy (non-hydrogen) atoms. The Morgan fingerprint density at radius 2 is 2.26 bits per heavy atom. The fourth-order valence-corrected chi connectivity index (χ4v) is 1.11. The molecule has 0 aliphatic heterocycles. The number of hydrogen-bond donors (Lipinski definition) is 2. The van der Waals surface area contributed by atoms with Crippen LogP contribution in [-0.2, 0) is 4.74 Å². The summed E-state index contributed by atoms with van der Waals surface area (Å²) in [5.41, 5.74) is 5.21. The number of nitrogens with one attached hydrogen (secondary N) is 1. The molecule has 1 amide bonds. The first-order chi connectivity index (χ1) is 8.78. The minimum Gasteiger partial charge on any atom is -0.444 e. The fourth-order valence-electron chi connectivity index (χ4n) is 1.11. The Morgan fingerprint density at radius 3 is 2.84 bits per heavy atom. The van der Waals surface area contributed by atoms with E-state index in [0.717, 1.165) is 0 Å². The van der Waals surface area contributed by atoms with Crippen LogP contribution in [0.1, 0.15) is 26.3 Å². The molecule has 5 nitrogen and oxygen atoms in total. The number of pyridine rings is 1. The number of ether oxygens (including phenoxy) is 1. The maximum Gasteiger partial charge on any atom is 0.408 e. The van der Waals surface area contributed by atoms with Gasteiger partial charge in [-0.15, -0.1) is 0 Å². The third-order valence-corrected chi connectivity index (χ3v) is 1.82. The van der Waals surface area contributed by atoms with Crippen molar-refractivity contribution in [1.29, 1.82) is 0 Å². The second kappa shape index (κ2) is 6.05. The van der Waals surface area contributed by atoms with Gasteiger partial charge < -0.3 is 15.8 Å². The lowest BCUT2D eigenvalue weighted by atomic mass is 10.2. The lowest BCUT2D eigenvalue weighted by Gasteiger charge is -2.18. The van der Waals surface area contributed by atoms with Crippen LogP contribution in [0.25, 0.3) is 0 Å². The van der Waals surface area contributed by atoms with Gasteiger partial charge in [0, 0.05) is 11.8 Å². The normalized spacial score (nSPS) is 10.3. The quantitative estimate of drug-likeness (QED) is 0.598. The first-order valence-electron chi connectivity index (χ1n) is 5.64. The highest BCUT2D eigenvalue weighted by Crippen LogP contribution is 2.08. The van der Waals surface area contributed by atoms with Crippen molar-refractivity contribution in [3.05, 3.63) is 23.8 Å². The van der Waals surface area contributed by atoms with Crippen LogP contribution in [0.4, 0.5) is 14.9 Å². The van der Waals surface area contributed by atoms with Crippen molar-refractivity contribution in [3.8, 4) is 11.8 Å². The molecule has 0 fully saturated rings. The van der Waals surface area contributed by atoms with Crippen molar-refractivity contribution >= 4 is 11.8 Å². The molecule has 0 aromatic carbocycles. The highest BCUT2D eigenvalue weighted by Gasteiger charge is 2.14. The monoisotopic (exact) mass is 265 g/mol. The number of aromatic nitrogens is 1. The van der Waals surface area contributed by atoms with E-state index in [1.165, 1.54) is 12.3 Å². The lowest BCUT2D eigenvalue weighted by molar-refractivity contribution is 0.0535. The molecule has 0 aliphatic rings. The first-order valence-corrected chi connectivity index (χ1v) is 5.64. The Balaban J connectivity index is 2.47. The van der Waals surface area contributed by atoms with Crippen LogP contribution < -0.4 is 11.1 Å². The van der Waals surface area contributed by atoms with Crippen LogP contribution in [-0.4, -0.2) is 23.2 Å². The summed E-state index contributed by atoms with van der Waals surface area (Å²) in [6.07, 6.45) is 0.727. The number of rotatable bonds is 1. The van der Waals surface area contributed by atoms with Gasteiger partial charge in [0.05, 0.1) is 12.2 Å². The van der Waals surface area contributed by atoms with Gasteiger partial charge in [0.15, 0.2) is 0 Å². The van der Waals surface area contributed by atoms with Crippen LogP contribution in [0, 0.1) is 17.8 Å². The van der Waals surface area contributed by atoms with Crippen LogP contribution >= 0.6 is 0 Å². The average Bonchev–Trinajstić information content (AvgIpc) is 2.27. The van der Waals surface area contributed by atoms with Gasteiger partial charge in [0.2, 0.25) is 5.95 Å². The molecule has 3 N–H and O–H groups in total. The zero-order valence-corrected chi connectivity index (χ0v) is 11.1. The smallest absolute Gasteiger partial charge is 0.408 e. The molecule has 0 radical (unpaired) electrons. The number of carbonyl (C=O) groups is 1. The summed E-state index contributed by atoms with van der Waals surface area (Å²) >= 11 is 0. The molecule has 0 bridgehead atoms. The largest absolute Gasteiger partial charge is 0.444 e. The van der Waals surface area contributed by atoms with Gasteiger partial charge >= 0.3 is 6.09 Å². The Morgan fingerprint density at radius 1 is 1.58 bits per heavy atom. The minimum atomic E-state index is -0.725. The number of amides is 1. The van der Waals surface area contributed by atoms with Gasteiger partial charge in [-0.05, 0) is 26.8 Å². The van der Waals surface area contributed by atoms with Crippen LogP contribution in [0.2, 0.25) is 0 Å². The standard InChI is InChI=1S/C13H16FN3O2/c1-13(2,3)19-12(18)16-6-4-5-9-7-10(15)11(14)17-8-9/h7-8H,6,15H2,1-3H3,(H,16,18). The average molecular weight is 265 g/mol. The molecule has 0 unspecified atom stereocenters. The summed E-state index contributed by atoms with van der Waals surface area (Å²) in [4.78, 5) is 14.7. The molecule has 0 aliphatic carbocycles. The number of carbonyl (C=O) groups excluding carboxylic acids is 1. The number of nitrogens with two attached hydrogens (primary N) is 1. The van der Waals surface area contributed by atoms with Gasteiger partial charge in [0.25, 0.3) is 0 Å². The SMILES string of the molecule is CC(C)(C)OC(=O)NCC#Cc1cnc(F)c(N)c1. The highest BCUT2D eigenvalue weighted by atomic mass is 19.1. The molecule has 1 aromatic heterocycles. The molecule has 0 saturated heterocycles. The Labute approximate surface area is 111 Å². The Kier molecular flexibility index (Phi) is 4.70. The van der Waals surface area contributed by atoms with E-state index < -0.39 is 17.6 Å². The van der Waals surface area contributed by atoms with Gasteiger partial charge in [-0.1, -0.05) is 11.8 Å². The number of anilines is 1. The van der Waals surface area contributed by atoms with Crippen molar-refractivity contribution in [2.24, 2.45) is 0 Å². The van der Waals surface area contributed by atoms with E-state index in [1.54, 1.807) is 20.8 Å². The van der Waals surface area contributed by atoms with E-state index in [1.807, 2.05) is 0 Å². The Hall–Kier alpha value is -2.29. The second-order valence-corrected chi connectivity index (χ2v) is 4.76. The van der Waals surface area contributed by atoms with Gasteiger partial charge in [-0.25, -0.2) is 9.78 Å². The molecule has 0 saturated carbocycles. The van der Waals surface area contributed by atoms with Crippen molar-refractivity contribution in [2.75, 3.05) is 12.3 Å². The van der Waals surface area contributed by atoms with Crippen LogP contribution in [0.5, 0.6) is 0 Å². The van der Waals surface area contributed by atoms with Crippen molar-refractivity contribution < 1.29 is 13.9 Å². The molecule has 0 spiro atoms. The van der Waals surface area contributed by atoms with Gasteiger partial charge in [0.1, 0.15) is 5.60 Å². The number of hydrogen-bond acceptors (Lipinski definition) is 4. The first kappa shape index (κ1) is 14.8. The lowest BCUT2D eigenvalue weighted by Crippen LogP contribution is -2.32. The maximum absolute atomic E-state index is 12.8. The molecule has 6 heteroatoms. The zero-order valence-electron chi connectivity index (χ0n) is 11.1. The maximum atomic E-state index is 12.8. The van der Waals surface area contributed by atoms with Crippen LogP contribution in [0.3, 0.4) is 0 Å². The van der Waals surface area contributed by atoms with Gasteiger partial charge in [-0.3, -0.25) is 0 Å². The minimum absolute atomic E-state index is 0.0631. The third kappa shape index (κ3) is 5.73. The van der Waals surface area contributed by atoms with Crippen molar-refractivity contribution in [2.45, 2.75) is 26.4 Å². The summed E-state index contributed by atoms with van der Waals surface area (Å²) in [6, 6.07) is 1.38.